The molecule has 1 amide bonds. The number of piperazine rings is 1. The van der Waals surface area contributed by atoms with Crippen LogP contribution in [0.3, 0.4) is 0 Å². The van der Waals surface area contributed by atoms with Crippen molar-refractivity contribution < 1.29 is 13.9 Å². The van der Waals surface area contributed by atoms with Crippen molar-refractivity contribution in [2.75, 3.05) is 45.9 Å². The highest BCUT2D eigenvalue weighted by Gasteiger charge is 2.31. The molecular weight excluding hydrogens is 261 g/mol. The molecule has 116 valence electrons. The van der Waals surface area contributed by atoms with Crippen molar-refractivity contribution in [2.45, 2.75) is 38.3 Å². The number of likely N-dealkylation sites (tertiary alicyclic amines) is 1. The van der Waals surface area contributed by atoms with Gasteiger partial charge in [-0.1, -0.05) is 0 Å². The fourth-order valence-electron chi connectivity index (χ4n) is 2.79. The van der Waals surface area contributed by atoms with Gasteiger partial charge in [0, 0.05) is 45.3 Å². The summed E-state index contributed by atoms with van der Waals surface area (Å²) >= 11 is 0. The molecule has 0 radical (unpaired) electrons. The van der Waals surface area contributed by atoms with Crippen LogP contribution in [0.2, 0.25) is 0 Å². The van der Waals surface area contributed by atoms with Crippen LogP contribution in [0.25, 0.3) is 0 Å². The Kier molecular flexibility index (Phi) is 5.21. The number of carbonyl (C=O) groups is 1. The van der Waals surface area contributed by atoms with Gasteiger partial charge in [-0.3, -0.25) is 4.90 Å². The summed E-state index contributed by atoms with van der Waals surface area (Å²) in [5.41, 5.74) is -1.02. The van der Waals surface area contributed by atoms with Gasteiger partial charge in [0.1, 0.15) is 12.3 Å². The Hall–Kier alpha value is -0.880. The maximum absolute atomic E-state index is 12.7. The number of amides is 1. The quantitative estimate of drug-likeness (QED) is 0.848. The first kappa shape index (κ1) is 15.5. The standard InChI is InChI=1S/C14H26FN3O2/c1-14(2,11-15)20-13(19)18-7-3-12(4-8-18)17-9-5-16-6-10-17/h12,16H,3-11H2,1-2H3. The van der Waals surface area contributed by atoms with Crippen molar-refractivity contribution in [1.82, 2.24) is 15.1 Å². The molecule has 5 nitrogen and oxygen atoms in total. The second-order valence-electron chi connectivity index (χ2n) is 6.27. The SMILES string of the molecule is CC(C)(CF)OC(=O)N1CCC(N2CCNCC2)CC1. The number of nitrogens with zero attached hydrogens (tertiary/aromatic N) is 2. The van der Waals surface area contributed by atoms with Crippen LogP contribution in [0.1, 0.15) is 26.7 Å². The van der Waals surface area contributed by atoms with Crippen LogP contribution in [-0.4, -0.2) is 73.5 Å². The molecule has 2 aliphatic rings. The Morgan fingerprint density at radius 1 is 1.25 bits per heavy atom. The second kappa shape index (κ2) is 6.72. The van der Waals surface area contributed by atoms with Gasteiger partial charge in [-0.2, -0.15) is 0 Å². The van der Waals surface area contributed by atoms with E-state index in [-0.39, 0.29) is 6.09 Å². The van der Waals surface area contributed by atoms with E-state index in [0.29, 0.717) is 19.1 Å². The van der Waals surface area contributed by atoms with E-state index in [1.165, 1.54) is 0 Å². The van der Waals surface area contributed by atoms with Crippen molar-refractivity contribution in [3.63, 3.8) is 0 Å². The molecule has 2 rings (SSSR count). The number of rotatable bonds is 3. The Bertz CT molecular complexity index is 324. The van der Waals surface area contributed by atoms with Crippen LogP contribution < -0.4 is 5.32 Å². The third-order valence-corrected chi connectivity index (χ3v) is 4.08. The van der Waals surface area contributed by atoms with E-state index in [1.807, 2.05) is 0 Å². The Morgan fingerprint density at radius 2 is 1.85 bits per heavy atom. The Labute approximate surface area is 120 Å². The van der Waals surface area contributed by atoms with Crippen molar-refractivity contribution >= 4 is 6.09 Å². The van der Waals surface area contributed by atoms with Gasteiger partial charge in [0.25, 0.3) is 0 Å². The molecule has 0 aromatic heterocycles. The number of hydrogen-bond acceptors (Lipinski definition) is 4. The summed E-state index contributed by atoms with van der Waals surface area (Å²) in [4.78, 5) is 16.2. The monoisotopic (exact) mass is 287 g/mol. The van der Waals surface area contributed by atoms with Crippen molar-refractivity contribution in [1.29, 1.82) is 0 Å². The molecule has 20 heavy (non-hydrogen) atoms. The van der Waals surface area contributed by atoms with E-state index < -0.39 is 12.3 Å². The maximum Gasteiger partial charge on any atom is 0.410 e. The summed E-state index contributed by atoms with van der Waals surface area (Å²) in [6.45, 7) is 8.21. The minimum atomic E-state index is -1.02. The number of carbonyl (C=O) groups excluding carboxylic acids is 1. The molecule has 0 atom stereocenters. The molecule has 2 aliphatic heterocycles. The minimum absolute atomic E-state index is 0.383. The van der Waals surface area contributed by atoms with Crippen LogP contribution >= 0.6 is 0 Å². The van der Waals surface area contributed by atoms with Crippen LogP contribution in [0.4, 0.5) is 9.18 Å². The van der Waals surface area contributed by atoms with Crippen molar-refractivity contribution in [2.24, 2.45) is 0 Å². The van der Waals surface area contributed by atoms with E-state index >= 15 is 0 Å². The molecule has 2 heterocycles. The van der Waals surface area contributed by atoms with Crippen LogP contribution in [0.5, 0.6) is 0 Å². The van der Waals surface area contributed by atoms with E-state index in [9.17, 15) is 9.18 Å². The molecular formula is C14H26FN3O2. The minimum Gasteiger partial charge on any atom is -0.441 e. The smallest absolute Gasteiger partial charge is 0.410 e. The highest BCUT2D eigenvalue weighted by Crippen LogP contribution is 2.19. The van der Waals surface area contributed by atoms with Gasteiger partial charge in [-0.25, -0.2) is 9.18 Å². The van der Waals surface area contributed by atoms with Gasteiger partial charge in [0.15, 0.2) is 0 Å². The van der Waals surface area contributed by atoms with E-state index in [0.717, 1.165) is 39.0 Å². The Morgan fingerprint density at radius 3 is 2.40 bits per heavy atom. The number of alkyl halides is 1. The predicted molar refractivity (Wildman–Crippen MR) is 75.6 cm³/mol. The van der Waals surface area contributed by atoms with Crippen LogP contribution in [0.15, 0.2) is 0 Å². The van der Waals surface area contributed by atoms with Crippen LogP contribution in [-0.2, 0) is 4.74 Å². The van der Waals surface area contributed by atoms with Gasteiger partial charge >= 0.3 is 6.09 Å². The molecule has 0 aromatic carbocycles. The molecule has 1 N–H and O–H groups in total. The number of ether oxygens (including phenoxy) is 1. The molecule has 6 heteroatoms. The average Bonchev–Trinajstić information content (AvgIpc) is 2.48. The van der Waals surface area contributed by atoms with E-state index in [2.05, 4.69) is 10.2 Å². The zero-order chi connectivity index (χ0) is 14.6. The number of nitrogens with one attached hydrogen (secondary N) is 1. The molecule has 2 fully saturated rings. The molecule has 0 aliphatic carbocycles. The first-order valence-electron chi connectivity index (χ1n) is 7.50. The molecule has 0 spiro atoms. The summed E-state index contributed by atoms with van der Waals surface area (Å²) in [5.74, 6) is 0. The fraction of sp³-hybridized carbons (Fsp3) is 0.929. The first-order valence-corrected chi connectivity index (χ1v) is 7.50. The van der Waals surface area contributed by atoms with Gasteiger partial charge in [0.05, 0.1) is 0 Å². The number of hydrogen-bond donors (Lipinski definition) is 1. The van der Waals surface area contributed by atoms with Gasteiger partial charge in [-0.15, -0.1) is 0 Å². The lowest BCUT2D eigenvalue weighted by Crippen LogP contribution is -2.53. The van der Waals surface area contributed by atoms with Gasteiger partial charge < -0.3 is 15.0 Å². The van der Waals surface area contributed by atoms with Gasteiger partial charge in [-0.05, 0) is 26.7 Å². The number of piperidine rings is 1. The largest absolute Gasteiger partial charge is 0.441 e. The molecule has 0 saturated carbocycles. The predicted octanol–water partition coefficient (Wildman–Crippen LogP) is 1.24. The third kappa shape index (κ3) is 4.06. The zero-order valence-corrected chi connectivity index (χ0v) is 12.5. The zero-order valence-electron chi connectivity index (χ0n) is 12.5. The normalized spacial score (nSPS) is 22.9. The topological polar surface area (TPSA) is 44.8 Å². The van der Waals surface area contributed by atoms with Crippen molar-refractivity contribution in [3.05, 3.63) is 0 Å². The summed E-state index contributed by atoms with van der Waals surface area (Å²) in [6, 6.07) is 0.565. The molecule has 0 aromatic rings. The Balaban J connectivity index is 1.77. The first-order chi connectivity index (χ1) is 9.52. The summed E-state index contributed by atoms with van der Waals surface area (Å²) in [7, 11) is 0. The maximum atomic E-state index is 12.7. The second-order valence-corrected chi connectivity index (χ2v) is 6.27. The average molecular weight is 287 g/mol. The summed E-state index contributed by atoms with van der Waals surface area (Å²) in [5, 5.41) is 3.35. The summed E-state index contributed by atoms with van der Waals surface area (Å²) in [6.07, 6.45) is 1.57. The lowest BCUT2D eigenvalue weighted by atomic mass is 10.0. The van der Waals surface area contributed by atoms with Crippen LogP contribution in [0, 0.1) is 0 Å². The molecule has 2 saturated heterocycles. The van der Waals surface area contributed by atoms with E-state index in [1.54, 1.807) is 18.7 Å². The fourth-order valence-corrected chi connectivity index (χ4v) is 2.79. The van der Waals surface area contributed by atoms with Crippen molar-refractivity contribution in [3.8, 4) is 0 Å². The van der Waals surface area contributed by atoms with E-state index in [4.69, 9.17) is 4.74 Å². The molecule has 0 unspecified atom stereocenters. The number of halogens is 1. The third-order valence-electron chi connectivity index (χ3n) is 4.08. The lowest BCUT2D eigenvalue weighted by molar-refractivity contribution is -0.00848. The lowest BCUT2D eigenvalue weighted by Gasteiger charge is -2.40. The highest BCUT2D eigenvalue weighted by atomic mass is 19.1. The molecule has 0 bridgehead atoms. The van der Waals surface area contributed by atoms with Gasteiger partial charge in [0.2, 0.25) is 0 Å². The summed E-state index contributed by atoms with van der Waals surface area (Å²) < 4.78 is 17.9. The highest BCUT2D eigenvalue weighted by molar-refractivity contribution is 5.68.